The van der Waals surface area contributed by atoms with E-state index in [1.807, 2.05) is 13.8 Å². The number of hydrogen-bond acceptors (Lipinski definition) is 2. The molecule has 1 N–H and O–H groups in total. The van der Waals surface area contributed by atoms with Crippen molar-refractivity contribution >= 4 is 12.0 Å². The highest BCUT2D eigenvalue weighted by Gasteiger charge is 2.30. The van der Waals surface area contributed by atoms with E-state index in [4.69, 9.17) is 5.11 Å². The number of piperidine rings is 1. The molecule has 1 rings (SSSR count). The summed E-state index contributed by atoms with van der Waals surface area (Å²) in [5.74, 6) is -1.20. The fourth-order valence-electron chi connectivity index (χ4n) is 2.04. The zero-order valence-electron chi connectivity index (χ0n) is 10.8. The number of hydrogen-bond donors (Lipinski definition) is 1. The van der Waals surface area contributed by atoms with Gasteiger partial charge in [-0.25, -0.2) is 4.79 Å². The predicted octanol–water partition coefficient (Wildman–Crippen LogP) is 1.63. The Kier molecular flexibility index (Phi) is 4.78. The summed E-state index contributed by atoms with van der Waals surface area (Å²) in [6, 6.07) is 0.137. The summed E-state index contributed by atoms with van der Waals surface area (Å²) in [7, 11) is 1.78. The molecule has 2 amide bonds. The Bertz CT molecular complexity index is 293. The molecular weight excluding hydrogens is 220 g/mol. The van der Waals surface area contributed by atoms with Gasteiger partial charge in [0.1, 0.15) is 0 Å². The summed E-state index contributed by atoms with van der Waals surface area (Å²) in [5.41, 5.74) is 0. The van der Waals surface area contributed by atoms with E-state index in [9.17, 15) is 9.59 Å². The molecule has 1 aliphatic heterocycles. The van der Waals surface area contributed by atoms with Crippen molar-refractivity contribution < 1.29 is 14.7 Å². The van der Waals surface area contributed by atoms with Crippen LogP contribution in [0.3, 0.4) is 0 Å². The minimum Gasteiger partial charge on any atom is -0.481 e. The van der Waals surface area contributed by atoms with Gasteiger partial charge in [0.2, 0.25) is 0 Å². The van der Waals surface area contributed by atoms with Gasteiger partial charge in [-0.05, 0) is 26.2 Å². The molecule has 0 bridgehead atoms. The van der Waals surface area contributed by atoms with Gasteiger partial charge in [-0.1, -0.05) is 6.92 Å². The van der Waals surface area contributed by atoms with Crippen LogP contribution in [0.1, 0.15) is 33.1 Å². The molecule has 1 saturated heterocycles. The van der Waals surface area contributed by atoms with Crippen LogP contribution >= 0.6 is 0 Å². The van der Waals surface area contributed by atoms with E-state index in [2.05, 4.69) is 0 Å². The molecule has 1 fully saturated rings. The van der Waals surface area contributed by atoms with E-state index in [1.54, 1.807) is 16.8 Å². The summed E-state index contributed by atoms with van der Waals surface area (Å²) in [6.45, 7) is 5.04. The van der Waals surface area contributed by atoms with Crippen LogP contribution in [0.25, 0.3) is 0 Å². The molecule has 0 aromatic rings. The van der Waals surface area contributed by atoms with E-state index in [-0.39, 0.29) is 12.1 Å². The Balaban J connectivity index is 2.60. The Morgan fingerprint density at radius 1 is 1.53 bits per heavy atom. The highest BCUT2D eigenvalue weighted by molar-refractivity contribution is 5.76. The molecule has 0 spiro atoms. The minimum atomic E-state index is -0.798. The molecule has 1 aliphatic rings. The van der Waals surface area contributed by atoms with Crippen LogP contribution in [0, 0.1) is 5.92 Å². The van der Waals surface area contributed by atoms with Crippen molar-refractivity contribution in [2.24, 2.45) is 5.92 Å². The van der Waals surface area contributed by atoms with E-state index in [0.29, 0.717) is 19.5 Å². The van der Waals surface area contributed by atoms with Gasteiger partial charge >= 0.3 is 12.0 Å². The third-order valence-corrected chi connectivity index (χ3v) is 3.59. The molecule has 0 radical (unpaired) electrons. The lowest BCUT2D eigenvalue weighted by Gasteiger charge is -2.35. The molecule has 1 heterocycles. The standard InChI is InChI=1S/C12H22N2O3/c1-4-9(2)13(3)12(17)14-7-5-6-10(8-14)11(15)16/h9-10H,4-8H2,1-3H3,(H,15,16). The third kappa shape index (κ3) is 3.35. The van der Waals surface area contributed by atoms with E-state index < -0.39 is 11.9 Å². The van der Waals surface area contributed by atoms with Crippen molar-refractivity contribution in [3.8, 4) is 0 Å². The second kappa shape index (κ2) is 5.89. The lowest BCUT2D eigenvalue weighted by atomic mass is 9.98. The zero-order valence-corrected chi connectivity index (χ0v) is 10.8. The monoisotopic (exact) mass is 242 g/mol. The molecule has 17 heavy (non-hydrogen) atoms. The first kappa shape index (κ1) is 13.8. The van der Waals surface area contributed by atoms with Gasteiger partial charge in [0, 0.05) is 26.2 Å². The first-order chi connectivity index (χ1) is 7.97. The number of nitrogens with zero attached hydrogens (tertiary/aromatic N) is 2. The molecule has 5 nitrogen and oxygen atoms in total. The van der Waals surface area contributed by atoms with Crippen LogP contribution in [0.15, 0.2) is 0 Å². The third-order valence-electron chi connectivity index (χ3n) is 3.59. The second-order valence-corrected chi connectivity index (χ2v) is 4.77. The van der Waals surface area contributed by atoms with Crippen molar-refractivity contribution in [2.45, 2.75) is 39.2 Å². The number of rotatable bonds is 3. The average Bonchev–Trinajstić information content (AvgIpc) is 2.36. The number of urea groups is 1. The van der Waals surface area contributed by atoms with Gasteiger partial charge in [0.25, 0.3) is 0 Å². The molecule has 0 aromatic heterocycles. The van der Waals surface area contributed by atoms with Crippen LogP contribution in [-0.2, 0) is 4.79 Å². The maximum atomic E-state index is 12.1. The van der Waals surface area contributed by atoms with Crippen molar-refractivity contribution in [2.75, 3.05) is 20.1 Å². The summed E-state index contributed by atoms with van der Waals surface area (Å²) in [5, 5.41) is 8.98. The van der Waals surface area contributed by atoms with Crippen LogP contribution in [-0.4, -0.2) is 53.1 Å². The number of carboxylic acids is 1. The summed E-state index contributed by atoms with van der Waals surface area (Å²) < 4.78 is 0. The van der Waals surface area contributed by atoms with Gasteiger partial charge in [0.05, 0.1) is 5.92 Å². The Labute approximate surface area is 102 Å². The van der Waals surface area contributed by atoms with E-state index in [1.165, 1.54) is 0 Å². The highest BCUT2D eigenvalue weighted by atomic mass is 16.4. The molecule has 2 atom stereocenters. The highest BCUT2D eigenvalue weighted by Crippen LogP contribution is 2.18. The van der Waals surface area contributed by atoms with Crippen LogP contribution in [0.4, 0.5) is 4.79 Å². The van der Waals surface area contributed by atoms with Gasteiger partial charge in [-0.15, -0.1) is 0 Å². The van der Waals surface area contributed by atoms with Crippen LogP contribution < -0.4 is 0 Å². The SMILES string of the molecule is CCC(C)N(C)C(=O)N1CCCC(C(=O)O)C1. The fourth-order valence-corrected chi connectivity index (χ4v) is 2.04. The smallest absolute Gasteiger partial charge is 0.320 e. The van der Waals surface area contributed by atoms with Crippen molar-refractivity contribution in [1.82, 2.24) is 9.80 Å². The molecule has 0 aromatic carbocycles. The number of carbonyl (C=O) groups excluding carboxylic acids is 1. The Hall–Kier alpha value is -1.26. The Morgan fingerprint density at radius 2 is 2.18 bits per heavy atom. The van der Waals surface area contributed by atoms with Crippen molar-refractivity contribution in [1.29, 1.82) is 0 Å². The van der Waals surface area contributed by atoms with Crippen LogP contribution in [0.5, 0.6) is 0 Å². The van der Waals surface area contributed by atoms with Gasteiger partial charge in [-0.2, -0.15) is 0 Å². The minimum absolute atomic E-state index is 0.0506. The zero-order chi connectivity index (χ0) is 13.0. The molecule has 2 unspecified atom stereocenters. The van der Waals surface area contributed by atoms with E-state index >= 15 is 0 Å². The van der Waals surface area contributed by atoms with E-state index in [0.717, 1.165) is 12.8 Å². The number of carbonyl (C=O) groups is 2. The first-order valence-electron chi connectivity index (χ1n) is 6.21. The molecular formula is C12H22N2O3. The molecule has 0 saturated carbocycles. The topological polar surface area (TPSA) is 60.9 Å². The number of aliphatic carboxylic acids is 1. The molecule has 0 aliphatic carbocycles. The lowest BCUT2D eigenvalue weighted by molar-refractivity contribution is -0.143. The van der Waals surface area contributed by atoms with Gasteiger partial charge in [-0.3, -0.25) is 4.79 Å². The quantitative estimate of drug-likeness (QED) is 0.818. The fraction of sp³-hybridized carbons (Fsp3) is 0.833. The number of carboxylic acid groups (broad SMARTS) is 1. The lowest BCUT2D eigenvalue weighted by Crippen LogP contribution is -2.49. The number of amides is 2. The van der Waals surface area contributed by atoms with Gasteiger partial charge in [0.15, 0.2) is 0 Å². The first-order valence-corrected chi connectivity index (χ1v) is 6.21. The maximum absolute atomic E-state index is 12.1. The number of likely N-dealkylation sites (tertiary alicyclic amines) is 1. The second-order valence-electron chi connectivity index (χ2n) is 4.77. The molecule has 98 valence electrons. The Morgan fingerprint density at radius 3 is 2.71 bits per heavy atom. The largest absolute Gasteiger partial charge is 0.481 e. The summed E-state index contributed by atoms with van der Waals surface area (Å²) >= 11 is 0. The average molecular weight is 242 g/mol. The summed E-state index contributed by atoms with van der Waals surface area (Å²) in [6.07, 6.45) is 2.35. The van der Waals surface area contributed by atoms with Crippen molar-refractivity contribution in [3.63, 3.8) is 0 Å². The normalized spacial score (nSPS) is 22.1. The van der Waals surface area contributed by atoms with Gasteiger partial charge < -0.3 is 14.9 Å². The van der Waals surface area contributed by atoms with Crippen molar-refractivity contribution in [3.05, 3.63) is 0 Å². The predicted molar refractivity (Wildman–Crippen MR) is 64.8 cm³/mol. The maximum Gasteiger partial charge on any atom is 0.320 e. The van der Waals surface area contributed by atoms with Crippen LogP contribution in [0.2, 0.25) is 0 Å². The summed E-state index contributed by atoms with van der Waals surface area (Å²) in [4.78, 5) is 26.4. The molecule has 5 heteroatoms.